The quantitative estimate of drug-likeness (QED) is 0.752. The van der Waals surface area contributed by atoms with Crippen molar-refractivity contribution in [2.75, 3.05) is 19.6 Å². The molecule has 0 N–H and O–H groups in total. The van der Waals surface area contributed by atoms with Crippen LogP contribution in [0, 0.1) is 5.92 Å². The second-order valence-corrected chi connectivity index (χ2v) is 10.9. The first-order valence-corrected chi connectivity index (χ1v) is 12.3. The van der Waals surface area contributed by atoms with Crippen LogP contribution in [-0.4, -0.2) is 55.3 Å². The van der Waals surface area contributed by atoms with Crippen molar-refractivity contribution >= 4 is 15.9 Å². The van der Waals surface area contributed by atoms with Crippen molar-refractivity contribution in [3.05, 3.63) is 23.8 Å². The molecule has 0 radical (unpaired) electrons. The van der Waals surface area contributed by atoms with Gasteiger partial charge in [-0.1, -0.05) is 13.8 Å². The lowest BCUT2D eigenvalue weighted by atomic mass is 9.95. The summed E-state index contributed by atoms with van der Waals surface area (Å²) in [7, 11) is -3.52. The molecule has 0 aromatic heterocycles. The Morgan fingerprint density at radius 1 is 1.03 bits per heavy atom. The summed E-state index contributed by atoms with van der Waals surface area (Å²) in [6, 6.07) is 5.29. The van der Waals surface area contributed by atoms with Gasteiger partial charge >= 0.3 is 0 Å². The first-order chi connectivity index (χ1) is 13.8. The van der Waals surface area contributed by atoms with Crippen molar-refractivity contribution in [3.63, 3.8) is 0 Å². The zero-order valence-electron chi connectivity index (χ0n) is 17.6. The molecular weight excluding hydrogens is 388 g/mol. The fourth-order valence-electron chi connectivity index (χ4n) is 4.78. The van der Waals surface area contributed by atoms with Crippen molar-refractivity contribution in [2.45, 2.75) is 75.8 Å². The van der Waals surface area contributed by atoms with E-state index >= 15 is 0 Å². The SMILES string of the molecule is CC1CCN(S(=O)(=O)c2ccc3c(c2)C(C)C(C(=O)N2CCCCC2C)O3)CC1. The molecule has 29 heavy (non-hydrogen) atoms. The topological polar surface area (TPSA) is 66.9 Å². The van der Waals surface area contributed by atoms with Gasteiger partial charge in [0.2, 0.25) is 10.0 Å². The van der Waals surface area contributed by atoms with E-state index in [4.69, 9.17) is 4.74 Å². The summed E-state index contributed by atoms with van der Waals surface area (Å²) in [6.45, 7) is 8.13. The highest BCUT2D eigenvalue weighted by molar-refractivity contribution is 7.89. The number of sulfonamides is 1. The van der Waals surface area contributed by atoms with Crippen molar-refractivity contribution in [3.8, 4) is 5.75 Å². The molecule has 1 aromatic rings. The van der Waals surface area contributed by atoms with Crippen LogP contribution in [0.2, 0.25) is 0 Å². The van der Waals surface area contributed by atoms with Crippen LogP contribution in [-0.2, 0) is 14.8 Å². The molecule has 3 aliphatic rings. The summed E-state index contributed by atoms with van der Waals surface area (Å²) < 4.78 is 33.8. The van der Waals surface area contributed by atoms with Gasteiger partial charge in [0, 0.05) is 37.2 Å². The van der Waals surface area contributed by atoms with Crippen molar-refractivity contribution in [1.82, 2.24) is 9.21 Å². The van der Waals surface area contributed by atoms with Gasteiger partial charge in [-0.2, -0.15) is 4.31 Å². The maximum atomic E-state index is 13.1. The van der Waals surface area contributed by atoms with Crippen molar-refractivity contribution in [2.24, 2.45) is 5.92 Å². The predicted octanol–water partition coefficient (Wildman–Crippen LogP) is 3.37. The fourth-order valence-corrected chi connectivity index (χ4v) is 6.29. The average molecular weight is 421 g/mol. The molecule has 3 unspecified atom stereocenters. The van der Waals surface area contributed by atoms with Gasteiger partial charge in [0.1, 0.15) is 5.75 Å². The molecular formula is C22H32N2O4S. The zero-order valence-corrected chi connectivity index (χ0v) is 18.5. The molecule has 0 saturated carbocycles. The molecule has 160 valence electrons. The van der Waals surface area contributed by atoms with Crippen LogP contribution < -0.4 is 4.74 Å². The van der Waals surface area contributed by atoms with E-state index in [1.165, 1.54) is 0 Å². The Labute approximate surface area is 174 Å². The Kier molecular flexibility index (Phi) is 5.64. The van der Waals surface area contributed by atoms with Gasteiger partial charge in [0.15, 0.2) is 6.10 Å². The van der Waals surface area contributed by atoms with E-state index < -0.39 is 16.1 Å². The molecule has 3 aliphatic heterocycles. The fraction of sp³-hybridized carbons (Fsp3) is 0.682. The van der Waals surface area contributed by atoms with Crippen LogP contribution in [0.3, 0.4) is 0 Å². The van der Waals surface area contributed by atoms with Crippen LogP contribution >= 0.6 is 0 Å². The van der Waals surface area contributed by atoms with E-state index in [1.807, 2.05) is 11.8 Å². The maximum Gasteiger partial charge on any atom is 0.264 e. The largest absolute Gasteiger partial charge is 0.480 e. The standard InChI is InChI=1S/C22H32N2O4S/c1-15-9-12-23(13-10-15)29(26,27)18-7-8-20-19(14-18)17(3)21(28-20)22(25)24-11-5-4-6-16(24)2/h7-8,14-17,21H,4-6,9-13H2,1-3H3. The first kappa shape index (κ1) is 20.7. The maximum absolute atomic E-state index is 13.1. The highest BCUT2D eigenvalue weighted by Gasteiger charge is 2.41. The second kappa shape index (κ2) is 7.91. The van der Waals surface area contributed by atoms with Gasteiger partial charge < -0.3 is 9.64 Å². The number of hydrogen-bond acceptors (Lipinski definition) is 4. The van der Waals surface area contributed by atoms with Crippen LogP contribution in [0.15, 0.2) is 23.1 Å². The highest BCUT2D eigenvalue weighted by Crippen LogP contribution is 2.41. The molecule has 0 aliphatic carbocycles. The van der Waals surface area contributed by atoms with Crippen LogP contribution in [0.25, 0.3) is 0 Å². The minimum absolute atomic E-state index is 0.0234. The molecule has 0 bridgehead atoms. The number of rotatable bonds is 3. The number of amides is 1. The van der Waals surface area contributed by atoms with Gasteiger partial charge in [0.25, 0.3) is 5.91 Å². The smallest absolute Gasteiger partial charge is 0.264 e. The second-order valence-electron chi connectivity index (χ2n) is 8.99. The highest BCUT2D eigenvalue weighted by atomic mass is 32.2. The lowest BCUT2D eigenvalue weighted by molar-refractivity contribution is -0.142. The third-order valence-corrected chi connectivity index (χ3v) is 8.78. The number of carbonyl (C=O) groups excluding carboxylic acids is 1. The lowest BCUT2D eigenvalue weighted by Gasteiger charge is -2.35. The van der Waals surface area contributed by atoms with Crippen LogP contribution in [0.4, 0.5) is 0 Å². The third kappa shape index (κ3) is 3.79. The number of carbonyl (C=O) groups is 1. The summed E-state index contributed by atoms with van der Waals surface area (Å²) in [5.41, 5.74) is 0.819. The summed E-state index contributed by atoms with van der Waals surface area (Å²) in [5.74, 6) is 1.06. The number of piperidine rings is 2. The molecule has 2 fully saturated rings. The molecule has 3 heterocycles. The molecule has 6 nitrogen and oxygen atoms in total. The molecule has 1 aromatic carbocycles. The minimum Gasteiger partial charge on any atom is -0.480 e. The van der Waals surface area contributed by atoms with Crippen molar-refractivity contribution in [1.29, 1.82) is 0 Å². The van der Waals surface area contributed by atoms with Gasteiger partial charge in [-0.05, 0) is 63.1 Å². The number of hydrogen-bond donors (Lipinski definition) is 0. The molecule has 7 heteroatoms. The monoisotopic (exact) mass is 420 g/mol. The molecule has 3 atom stereocenters. The Balaban J connectivity index is 1.55. The summed E-state index contributed by atoms with van der Waals surface area (Å²) in [4.78, 5) is 15.4. The molecule has 1 amide bonds. The molecule has 0 spiro atoms. The Morgan fingerprint density at radius 2 is 1.76 bits per heavy atom. The summed E-state index contributed by atoms with van der Waals surface area (Å²) in [5, 5.41) is 0. The van der Waals surface area contributed by atoms with Gasteiger partial charge in [-0.25, -0.2) is 8.42 Å². The normalized spacial score (nSPS) is 28.8. The molecule has 4 rings (SSSR count). The first-order valence-electron chi connectivity index (χ1n) is 10.9. The predicted molar refractivity (Wildman–Crippen MR) is 111 cm³/mol. The van der Waals surface area contributed by atoms with E-state index in [2.05, 4.69) is 13.8 Å². The van der Waals surface area contributed by atoms with Crippen LogP contribution in [0.1, 0.15) is 64.4 Å². The average Bonchev–Trinajstić information content (AvgIpc) is 3.04. The number of ether oxygens (including phenoxy) is 1. The van der Waals surface area contributed by atoms with E-state index in [0.717, 1.165) is 44.2 Å². The van der Waals surface area contributed by atoms with E-state index in [9.17, 15) is 13.2 Å². The number of likely N-dealkylation sites (tertiary alicyclic amines) is 1. The molecule has 2 saturated heterocycles. The van der Waals surface area contributed by atoms with E-state index in [0.29, 0.717) is 29.7 Å². The summed E-state index contributed by atoms with van der Waals surface area (Å²) >= 11 is 0. The Morgan fingerprint density at radius 3 is 2.45 bits per heavy atom. The number of fused-ring (bicyclic) bond motifs is 1. The van der Waals surface area contributed by atoms with Crippen molar-refractivity contribution < 1.29 is 17.9 Å². The lowest BCUT2D eigenvalue weighted by Crippen LogP contribution is -2.48. The van der Waals surface area contributed by atoms with Crippen LogP contribution in [0.5, 0.6) is 5.75 Å². The zero-order chi connectivity index (χ0) is 20.8. The Bertz CT molecular complexity index is 877. The van der Waals surface area contributed by atoms with Gasteiger partial charge in [0.05, 0.1) is 4.90 Å². The minimum atomic E-state index is -3.52. The summed E-state index contributed by atoms with van der Waals surface area (Å²) in [6.07, 6.45) is 4.43. The van der Waals surface area contributed by atoms with E-state index in [-0.39, 0.29) is 17.9 Å². The van der Waals surface area contributed by atoms with E-state index in [1.54, 1.807) is 22.5 Å². The third-order valence-electron chi connectivity index (χ3n) is 6.89. The van der Waals surface area contributed by atoms with Gasteiger partial charge in [-0.3, -0.25) is 4.79 Å². The number of nitrogens with zero attached hydrogens (tertiary/aromatic N) is 2. The Hall–Kier alpha value is -1.60. The van der Waals surface area contributed by atoms with Gasteiger partial charge in [-0.15, -0.1) is 0 Å². The number of benzene rings is 1.